The monoisotopic (exact) mass is 286 g/mol. The second-order valence-corrected chi connectivity index (χ2v) is 4.37. The zero-order valence-electron chi connectivity index (χ0n) is 12.1. The summed E-state index contributed by atoms with van der Waals surface area (Å²) >= 11 is 0. The van der Waals surface area contributed by atoms with E-state index in [-0.39, 0.29) is 11.6 Å². The van der Waals surface area contributed by atoms with Crippen molar-refractivity contribution in [2.75, 3.05) is 24.3 Å². The van der Waals surface area contributed by atoms with Gasteiger partial charge in [-0.1, -0.05) is 19.1 Å². The third-order valence-electron chi connectivity index (χ3n) is 2.80. The first-order chi connectivity index (χ1) is 10.2. The molecule has 1 aromatic carbocycles. The van der Waals surface area contributed by atoms with E-state index in [1.165, 1.54) is 6.20 Å². The SMILES string of the molecule is CCCNc1cnc(C(=O)Nc2ccccc2OC)cn1. The van der Waals surface area contributed by atoms with Gasteiger partial charge in [0.15, 0.2) is 0 Å². The van der Waals surface area contributed by atoms with Gasteiger partial charge >= 0.3 is 0 Å². The summed E-state index contributed by atoms with van der Waals surface area (Å²) in [4.78, 5) is 20.4. The van der Waals surface area contributed by atoms with Gasteiger partial charge in [0.2, 0.25) is 0 Å². The van der Waals surface area contributed by atoms with Crippen LogP contribution in [0.1, 0.15) is 23.8 Å². The molecule has 0 atom stereocenters. The fourth-order valence-corrected chi connectivity index (χ4v) is 1.72. The molecule has 110 valence electrons. The van der Waals surface area contributed by atoms with E-state index in [0.717, 1.165) is 13.0 Å². The summed E-state index contributed by atoms with van der Waals surface area (Å²) in [5, 5.41) is 5.86. The minimum absolute atomic E-state index is 0.253. The zero-order valence-corrected chi connectivity index (χ0v) is 12.1. The van der Waals surface area contributed by atoms with Crippen LogP contribution in [0.2, 0.25) is 0 Å². The Labute approximate surface area is 123 Å². The van der Waals surface area contributed by atoms with Gasteiger partial charge in [-0.05, 0) is 18.6 Å². The molecule has 6 nitrogen and oxygen atoms in total. The Balaban J connectivity index is 2.06. The molecular formula is C15H18N4O2. The van der Waals surface area contributed by atoms with E-state index in [4.69, 9.17) is 4.74 Å². The topological polar surface area (TPSA) is 76.1 Å². The van der Waals surface area contributed by atoms with Gasteiger partial charge in [0.25, 0.3) is 5.91 Å². The van der Waals surface area contributed by atoms with Gasteiger partial charge in [-0.15, -0.1) is 0 Å². The molecule has 0 aliphatic rings. The lowest BCUT2D eigenvalue weighted by Crippen LogP contribution is -2.15. The summed E-state index contributed by atoms with van der Waals surface area (Å²) in [5.74, 6) is 0.930. The number of carbonyl (C=O) groups is 1. The van der Waals surface area contributed by atoms with Crippen molar-refractivity contribution in [1.82, 2.24) is 9.97 Å². The van der Waals surface area contributed by atoms with Crippen LogP contribution >= 0.6 is 0 Å². The fourth-order valence-electron chi connectivity index (χ4n) is 1.72. The number of hydrogen-bond donors (Lipinski definition) is 2. The Hall–Kier alpha value is -2.63. The average Bonchev–Trinajstić information content (AvgIpc) is 2.54. The molecule has 2 rings (SSSR count). The van der Waals surface area contributed by atoms with E-state index >= 15 is 0 Å². The van der Waals surface area contributed by atoms with Crippen molar-refractivity contribution >= 4 is 17.4 Å². The number of hydrogen-bond acceptors (Lipinski definition) is 5. The number of nitrogens with one attached hydrogen (secondary N) is 2. The van der Waals surface area contributed by atoms with Crippen LogP contribution in [-0.4, -0.2) is 29.5 Å². The maximum absolute atomic E-state index is 12.1. The van der Waals surface area contributed by atoms with Gasteiger partial charge < -0.3 is 15.4 Å². The first-order valence-corrected chi connectivity index (χ1v) is 6.75. The predicted molar refractivity (Wildman–Crippen MR) is 81.8 cm³/mol. The minimum atomic E-state index is -0.325. The molecule has 0 bridgehead atoms. The van der Waals surface area contributed by atoms with Gasteiger partial charge in [-0.25, -0.2) is 9.97 Å². The van der Waals surface area contributed by atoms with E-state index in [9.17, 15) is 4.79 Å². The average molecular weight is 286 g/mol. The van der Waals surface area contributed by atoms with Crippen molar-refractivity contribution in [1.29, 1.82) is 0 Å². The third kappa shape index (κ3) is 3.92. The van der Waals surface area contributed by atoms with E-state index in [2.05, 4.69) is 27.5 Å². The molecule has 0 aliphatic heterocycles. The second-order valence-electron chi connectivity index (χ2n) is 4.37. The quantitative estimate of drug-likeness (QED) is 0.853. The molecule has 2 N–H and O–H groups in total. The van der Waals surface area contributed by atoms with Crippen molar-refractivity contribution in [3.63, 3.8) is 0 Å². The Morgan fingerprint density at radius 2 is 2.05 bits per heavy atom. The summed E-state index contributed by atoms with van der Waals surface area (Å²) in [6.07, 6.45) is 3.99. The van der Waals surface area contributed by atoms with Gasteiger partial charge in [0, 0.05) is 6.54 Å². The maximum atomic E-state index is 12.1. The summed E-state index contributed by atoms with van der Waals surface area (Å²) in [7, 11) is 1.55. The van der Waals surface area contributed by atoms with Gasteiger partial charge in [0.1, 0.15) is 17.3 Å². The van der Waals surface area contributed by atoms with E-state index in [1.807, 2.05) is 12.1 Å². The fraction of sp³-hybridized carbons (Fsp3) is 0.267. The third-order valence-corrected chi connectivity index (χ3v) is 2.80. The lowest BCUT2D eigenvalue weighted by atomic mass is 10.3. The molecule has 0 saturated carbocycles. The molecule has 1 amide bonds. The first-order valence-electron chi connectivity index (χ1n) is 6.75. The number of para-hydroxylation sites is 2. The number of benzene rings is 1. The molecule has 2 aromatic rings. The molecule has 0 unspecified atom stereocenters. The lowest BCUT2D eigenvalue weighted by Gasteiger charge is -2.09. The van der Waals surface area contributed by atoms with Crippen LogP contribution in [0.3, 0.4) is 0 Å². The highest BCUT2D eigenvalue weighted by Crippen LogP contribution is 2.23. The highest BCUT2D eigenvalue weighted by Gasteiger charge is 2.11. The summed E-state index contributed by atoms with van der Waals surface area (Å²) in [6, 6.07) is 7.20. The second kappa shape index (κ2) is 7.23. The highest BCUT2D eigenvalue weighted by molar-refractivity contribution is 6.03. The predicted octanol–water partition coefficient (Wildman–Crippen LogP) is 2.56. The Morgan fingerprint density at radius 1 is 1.24 bits per heavy atom. The number of rotatable bonds is 6. The normalized spacial score (nSPS) is 10.0. The first kappa shape index (κ1) is 14.8. The van der Waals surface area contributed by atoms with Gasteiger partial charge in [-0.2, -0.15) is 0 Å². The Morgan fingerprint density at radius 3 is 2.71 bits per heavy atom. The summed E-state index contributed by atoms with van der Waals surface area (Å²) in [5.41, 5.74) is 0.850. The smallest absolute Gasteiger partial charge is 0.275 e. The number of anilines is 2. The summed E-state index contributed by atoms with van der Waals surface area (Å²) in [6.45, 7) is 2.89. The van der Waals surface area contributed by atoms with Crippen LogP contribution in [-0.2, 0) is 0 Å². The van der Waals surface area contributed by atoms with Gasteiger partial charge in [0.05, 0.1) is 25.2 Å². The molecule has 0 fully saturated rings. The van der Waals surface area contributed by atoms with Crippen molar-refractivity contribution < 1.29 is 9.53 Å². The number of methoxy groups -OCH3 is 1. The molecule has 1 aromatic heterocycles. The molecule has 1 heterocycles. The van der Waals surface area contributed by atoms with Gasteiger partial charge in [-0.3, -0.25) is 4.79 Å². The number of carbonyl (C=O) groups excluding carboxylic acids is 1. The number of aromatic nitrogens is 2. The van der Waals surface area contributed by atoms with Crippen LogP contribution in [0.4, 0.5) is 11.5 Å². The maximum Gasteiger partial charge on any atom is 0.275 e. The molecule has 0 radical (unpaired) electrons. The summed E-state index contributed by atoms with van der Waals surface area (Å²) < 4.78 is 5.18. The molecule has 0 aliphatic carbocycles. The lowest BCUT2D eigenvalue weighted by molar-refractivity contribution is 0.102. The van der Waals surface area contributed by atoms with E-state index < -0.39 is 0 Å². The van der Waals surface area contributed by atoms with Crippen molar-refractivity contribution in [3.8, 4) is 5.75 Å². The van der Waals surface area contributed by atoms with Crippen LogP contribution in [0, 0.1) is 0 Å². The molecule has 0 saturated heterocycles. The molecule has 0 spiro atoms. The van der Waals surface area contributed by atoms with Crippen LogP contribution in [0.15, 0.2) is 36.7 Å². The number of amides is 1. The number of nitrogens with zero attached hydrogens (tertiary/aromatic N) is 2. The Kier molecular flexibility index (Phi) is 5.09. The highest BCUT2D eigenvalue weighted by atomic mass is 16.5. The molecule has 21 heavy (non-hydrogen) atoms. The largest absolute Gasteiger partial charge is 0.495 e. The van der Waals surface area contributed by atoms with Crippen LogP contribution in [0.25, 0.3) is 0 Å². The zero-order chi connectivity index (χ0) is 15.1. The van der Waals surface area contributed by atoms with Crippen molar-refractivity contribution in [2.24, 2.45) is 0 Å². The minimum Gasteiger partial charge on any atom is -0.495 e. The van der Waals surface area contributed by atoms with Crippen molar-refractivity contribution in [2.45, 2.75) is 13.3 Å². The number of ether oxygens (including phenoxy) is 1. The Bertz CT molecular complexity index is 599. The van der Waals surface area contributed by atoms with E-state index in [1.54, 1.807) is 25.4 Å². The van der Waals surface area contributed by atoms with Crippen LogP contribution in [0.5, 0.6) is 5.75 Å². The van der Waals surface area contributed by atoms with Crippen LogP contribution < -0.4 is 15.4 Å². The molecule has 6 heteroatoms. The standard InChI is InChI=1S/C15H18N4O2/c1-3-8-16-14-10-17-12(9-18-14)15(20)19-11-6-4-5-7-13(11)21-2/h4-7,9-10H,3,8H2,1-2H3,(H,16,18)(H,19,20). The van der Waals surface area contributed by atoms with Crippen molar-refractivity contribution in [3.05, 3.63) is 42.4 Å². The molecular weight excluding hydrogens is 268 g/mol. The van der Waals surface area contributed by atoms with E-state index in [0.29, 0.717) is 17.3 Å².